The third-order valence-electron chi connectivity index (χ3n) is 5.70. The maximum Gasteiger partial charge on any atom is 0.253 e. The van der Waals surface area contributed by atoms with Crippen molar-refractivity contribution in [1.29, 1.82) is 0 Å². The van der Waals surface area contributed by atoms with Crippen LogP contribution in [0.3, 0.4) is 0 Å². The lowest BCUT2D eigenvalue weighted by molar-refractivity contribution is -0.121. The smallest absolute Gasteiger partial charge is 0.253 e. The largest absolute Gasteiger partial charge is 0.353 e. The van der Waals surface area contributed by atoms with Gasteiger partial charge in [0.1, 0.15) is 0 Å². The Kier molecular flexibility index (Phi) is 4.75. The molecule has 5 nitrogen and oxygen atoms in total. The molecule has 3 saturated heterocycles. The number of benzene rings is 1. The van der Waals surface area contributed by atoms with Crippen LogP contribution in [0.15, 0.2) is 30.3 Å². The number of hydrogen-bond donors (Lipinski definition) is 1. The van der Waals surface area contributed by atoms with Crippen molar-refractivity contribution < 1.29 is 9.59 Å². The molecule has 0 aromatic heterocycles. The number of nitrogens with one attached hydrogen (secondary N) is 1. The number of hydrogen-bond acceptors (Lipinski definition) is 3. The summed E-state index contributed by atoms with van der Waals surface area (Å²) in [6, 6.07) is 10.4. The minimum Gasteiger partial charge on any atom is -0.353 e. The molecule has 25 heavy (non-hydrogen) atoms. The summed E-state index contributed by atoms with van der Waals surface area (Å²) < 4.78 is 0. The summed E-state index contributed by atoms with van der Waals surface area (Å²) in [7, 11) is 0. The van der Waals surface area contributed by atoms with Gasteiger partial charge in [-0.15, -0.1) is 0 Å². The molecule has 0 unspecified atom stereocenters. The summed E-state index contributed by atoms with van der Waals surface area (Å²) in [6.07, 6.45) is 5.17. The first-order chi connectivity index (χ1) is 12.2. The second kappa shape index (κ2) is 7.16. The van der Waals surface area contributed by atoms with Crippen LogP contribution in [0.25, 0.3) is 0 Å². The zero-order valence-electron chi connectivity index (χ0n) is 14.7. The minimum atomic E-state index is 0.144. The van der Waals surface area contributed by atoms with Crippen LogP contribution < -0.4 is 5.32 Å². The average molecular weight is 341 g/mol. The van der Waals surface area contributed by atoms with Crippen LogP contribution in [0, 0.1) is 5.92 Å². The molecule has 4 fully saturated rings. The number of rotatable bonds is 5. The van der Waals surface area contributed by atoms with Crippen LogP contribution in [-0.4, -0.2) is 59.9 Å². The fourth-order valence-corrected chi connectivity index (χ4v) is 4.15. The van der Waals surface area contributed by atoms with Crippen LogP contribution in [0.4, 0.5) is 0 Å². The molecule has 134 valence electrons. The van der Waals surface area contributed by atoms with Crippen molar-refractivity contribution in [3.05, 3.63) is 35.9 Å². The van der Waals surface area contributed by atoms with Crippen molar-refractivity contribution >= 4 is 11.8 Å². The Morgan fingerprint density at radius 2 is 1.80 bits per heavy atom. The van der Waals surface area contributed by atoms with Crippen LogP contribution in [0.5, 0.6) is 0 Å². The van der Waals surface area contributed by atoms with E-state index in [0.29, 0.717) is 24.4 Å². The van der Waals surface area contributed by atoms with E-state index in [1.54, 1.807) is 0 Å². The fourth-order valence-electron chi connectivity index (χ4n) is 4.15. The number of fused-ring (bicyclic) bond motifs is 4. The van der Waals surface area contributed by atoms with E-state index in [4.69, 9.17) is 0 Å². The Balaban J connectivity index is 1.36. The van der Waals surface area contributed by atoms with E-state index in [1.807, 2.05) is 35.2 Å². The number of carbonyl (C=O) groups is 2. The Labute approximate surface area is 149 Å². The van der Waals surface area contributed by atoms with Gasteiger partial charge in [0.15, 0.2) is 0 Å². The first-order valence-corrected chi connectivity index (χ1v) is 9.57. The number of piperidine rings is 1. The van der Waals surface area contributed by atoms with Crippen LogP contribution >= 0.6 is 0 Å². The molecular weight excluding hydrogens is 314 g/mol. The van der Waals surface area contributed by atoms with E-state index in [9.17, 15) is 9.59 Å². The van der Waals surface area contributed by atoms with Gasteiger partial charge in [-0.2, -0.15) is 0 Å². The summed E-state index contributed by atoms with van der Waals surface area (Å²) in [5, 5.41) is 3.07. The van der Waals surface area contributed by atoms with Crippen LogP contribution in [0.2, 0.25) is 0 Å². The highest BCUT2D eigenvalue weighted by molar-refractivity contribution is 5.94. The van der Waals surface area contributed by atoms with E-state index >= 15 is 0 Å². The highest BCUT2D eigenvalue weighted by Crippen LogP contribution is 2.29. The van der Waals surface area contributed by atoms with Crippen molar-refractivity contribution in [3.63, 3.8) is 0 Å². The lowest BCUT2D eigenvalue weighted by Crippen LogP contribution is -2.45. The van der Waals surface area contributed by atoms with Gasteiger partial charge in [0.2, 0.25) is 5.91 Å². The molecule has 3 heterocycles. The topological polar surface area (TPSA) is 52.7 Å². The SMILES string of the molecule is O=C(CCN1C[C@H]2CC[C@@H]1CN(C(=O)c1ccccc1)C2)NC1CC1. The van der Waals surface area contributed by atoms with Crippen LogP contribution in [0.1, 0.15) is 42.5 Å². The molecule has 1 aromatic carbocycles. The number of nitrogens with zero attached hydrogens (tertiary/aromatic N) is 2. The second-order valence-electron chi connectivity index (χ2n) is 7.76. The van der Waals surface area contributed by atoms with E-state index in [-0.39, 0.29) is 11.8 Å². The lowest BCUT2D eigenvalue weighted by Gasteiger charge is -2.35. The van der Waals surface area contributed by atoms with Gasteiger partial charge in [-0.1, -0.05) is 18.2 Å². The number of amides is 2. The summed E-state index contributed by atoms with van der Waals surface area (Å²) in [6.45, 7) is 3.45. The highest BCUT2D eigenvalue weighted by Gasteiger charge is 2.36. The van der Waals surface area contributed by atoms with E-state index in [1.165, 1.54) is 6.42 Å². The molecule has 0 spiro atoms. The van der Waals surface area contributed by atoms with Gasteiger partial charge >= 0.3 is 0 Å². The van der Waals surface area contributed by atoms with Gasteiger partial charge in [-0.3, -0.25) is 14.5 Å². The Morgan fingerprint density at radius 3 is 2.56 bits per heavy atom. The molecule has 2 bridgehead atoms. The summed E-state index contributed by atoms with van der Waals surface area (Å²) in [5.41, 5.74) is 0.777. The lowest BCUT2D eigenvalue weighted by atomic mass is 9.95. The first kappa shape index (κ1) is 16.6. The minimum absolute atomic E-state index is 0.144. The molecule has 1 N–H and O–H groups in total. The molecule has 1 saturated carbocycles. The van der Waals surface area contributed by atoms with Crippen molar-refractivity contribution in [2.45, 2.75) is 44.2 Å². The van der Waals surface area contributed by atoms with Gasteiger partial charge in [0, 0.05) is 50.2 Å². The summed E-state index contributed by atoms with van der Waals surface area (Å²) >= 11 is 0. The Morgan fingerprint density at radius 1 is 1.00 bits per heavy atom. The average Bonchev–Trinajstić information content (AvgIpc) is 3.47. The monoisotopic (exact) mass is 341 g/mol. The van der Waals surface area contributed by atoms with Crippen molar-refractivity contribution in [2.24, 2.45) is 5.92 Å². The molecular formula is C20H27N3O2. The van der Waals surface area contributed by atoms with Gasteiger partial charge in [-0.05, 0) is 43.7 Å². The summed E-state index contributed by atoms with van der Waals surface area (Å²) in [4.78, 5) is 29.3. The van der Waals surface area contributed by atoms with Crippen molar-refractivity contribution in [3.8, 4) is 0 Å². The Hall–Kier alpha value is -1.88. The number of carbonyl (C=O) groups excluding carboxylic acids is 2. The standard InChI is InChI=1S/C20H27N3O2/c24-19(21-17-7-8-17)10-11-22-12-15-6-9-18(22)14-23(13-15)20(25)16-4-2-1-3-5-16/h1-5,15,17-18H,6-14H2,(H,21,24)/t15-,18-/m1/s1. The molecule has 2 amide bonds. The molecule has 2 atom stereocenters. The third kappa shape index (κ3) is 4.03. The molecule has 1 aromatic rings. The second-order valence-corrected chi connectivity index (χ2v) is 7.76. The molecule has 0 radical (unpaired) electrons. The molecule has 1 aliphatic carbocycles. The fraction of sp³-hybridized carbons (Fsp3) is 0.600. The molecule has 4 aliphatic rings. The van der Waals surface area contributed by atoms with Crippen LogP contribution in [-0.2, 0) is 4.79 Å². The third-order valence-corrected chi connectivity index (χ3v) is 5.70. The predicted octanol–water partition coefficient (Wildman–Crippen LogP) is 1.89. The molecule has 5 rings (SSSR count). The molecule has 3 aliphatic heterocycles. The van der Waals surface area contributed by atoms with Gasteiger partial charge in [0.05, 0.1) is 0 Å². The van der Waals surface area contributed by atoms with Gasteiger partial charge in [-0.25, -0.2) is 0 Å². The predicted molar refractivity (Wildman–Crippen MR) is 96.2 cm³/mol. The van der Waals surface area contributed by atoms with E-state index in [0.717, 1.165) is 51.0 Å². The van der Waals surface area contributed by atoms with Crippen molar-refractivity contribution in [2.75, 3.05) is 26.2 Å². The zero-order chi connectivity index (χ0) is 17.2. The van der Waals surface area contributed by atoms with Gasteiger partial charge < -0.3 is 10.2 Å². The highest BCUT2D eigenvalue weighted by atomic mass is 16.2. The normalized spacial score (nSPS) is 26.3. The van der Waals surface area contributed by atoms with Gasteiger partial charge in [0.25, 0.3) is 5.91 Å². The van der Waals surface area contributed by atoms with E-state index < -0.39 is 0 Å². The maximum atomic E-state index is 12.8. The van der Waals surface area contributed by atoms with Crippen molar-refractivity contribution in [1.82, 2.24) is 15.1 Å². The zero-order valence-corrected chi connectivity index (χ0v) is 14.7. The quantitative estimate of drug-likeness (QED) is 0.890. The maximum absolute atomic E-state index is 12.8. The van der Waals surface area contributed by atoms with E-state index in [2.05, 4.69) is 10.2 Å². The summed E-state index contributed by atoms with van der Waals surface area (Å²) in [5.74, 6) is 0.851. The first-order valence-electron chi connectivity index (χ1n) is 9.57. The Bertz CT molecular complexity index is 629. The molecule has 5 heteroatoms.